The lowest BCUT2D eigenvalue weighted by Crippen LogP contribution is -2.28. The predicted molar refractivity (Wildman–Crippen MR) is 88.2 cm³/mol. The van der Waals surface area contributed by atoms with Crippen LogP contribution in [0.2, 0.25) is 5.02 Å². The normalized spacial score (nSPS) is 14.2. The summed E-state index contributed by atoms with van der Waals surface area (Å²) in [7, 11) is 0. The molecule has 0 spiro atoms. The van der Waals surface area contributed by atoms with Crippen LogP contribution in [-0.4, -0.2) is 6.04 Å². The van der Waals surface area contributed by atoms with Gasteiger partial charge in [0.15, 0.2) is 0 Å². The van der Waals surface area contributed by atoms with Gasteiger partial charge in [0.2, 0.25) is 0 Å². The van der Waals surface area contributed by atoms with Crippen LogP contribution in [0.5, 0.6) is 5.75 Å². The second-order valence-electron chi connectivity index (χ2n) is 4.14. The van der Waals surface area contributed by atoms with Crippen molar-refractivity contribution in [1.29, 1.82) is 0 Å². The van der Waals surface area contributed by atoms with Gasteiger partial charge in [0, 0.05) is 25.2 Å². The summed E-state index contributed by atoms with van der Waals surface area (Å²) in [5.41, 5.74) is 6.03. The third-order valence-corrected chi connectivity index (χ3v) is 5.05. The molecular formula is C13H12Br2ClNOS. The van der Waals surface area contributed by atoms with E-state index < -0.39 is 0 Å². The van der Waals surface area contributed by atoms with Crippen LogP contribution in [0.15, 0.2) is 38.6 Å². The first-order valence-corrected chi connectivity index (χ1v) is 8.43. The van der Waals surface area contributed by atoms with Crippen molar-refractivity contribution in [1.82, 2.24) is 0 Å². The van der Waals surface area contributed by atoms with Crippen molar-refractivity contribution >= 4 is 54.8 Å². The van der Waals surface area contributed by atoms with E-state index in [2.05, 4.69) is 31.9 Å². The Kier molecular flexibility index (Phi) is 5.31. The van der Waals surface area contributed by atoms with E-state index in [1.165, 1.54) is 0 Å². The van der Waals surface area contributed by atoms with Crippen molar-refractivity contribution in [3.05, 3.63) is 48.5 Å². The largest absolute Gasteiger partial charge is 0.482 e. The molecule has 0 aliphatic heterocycles. The van der Waals surface area contributed by atoms with Crippen LogP contribution < -0.4 is 10.5 Å². The molecule has 2 nitrogen and oxygen atoms in total. The minimum Gasteiger partial charge on any atom is -0.482 e. The van der Waals surface area contributed by atoms with Crippen LogP contribution in [0.4, 0.5) is 0 Å². The lowest BCUT2D eigenvalue weighted by atomic mass is 10.1. The van der Waals surface area contributed by atoms with Gasteiger partial charge in [0.05, 0.1) is 5.02 Å². The summed E-state index contributed by atoms with van der Waals surface area (Å²) < 4.78 is 7.94. The van der Waals surface area contributed by atoms with E-state index in [4.69, 9.17) is 22.1 Å². The molecule has 2 atom stereocenters. The summed E-state index contributed by atoms with van der Waals surface area (Å²) >= 11 is 14.6. The number of nitrogens with two attached hydrogens (primary N) is 1. The molecule has 0 saturated heterocycles. The van der Waals surface area contributed by atoms with Crippen LogP contribution in [0.25, 0.3) is 0 Å². The van der Waals surface area contributed by atoms with Crippen molar-refractivity contribution in [2.45, 2.75) is 19.1 Å². The molecule has 0 fully saturated rings. The zero-order chi connectivity index (χ0) is 14.0. The number of hydrogen-bond acceptors (Lipinski definition) is 3. The van der Waals surface area contributed by atoms with E-state index in [0.29, 0.717) is 10.8 Å². The van der Waals surface area contributed by atoms with E-state index in [9.17, 15) is 0 Å². The number of thiophene rings is 1. The monoisotopic (exact) mass is 423 g/mol. The minimum absolute atomic E-state index is 0.138. The average Bonchev–Trinajstić information content (AvgIpc) is 2.76. The predicted octanol–water partition coefficient (Wildman–Crippen LogP) is 5.39. The molecule has 1 aromatic heterocycles. The van der Waals surface area contributed by atoms with Crippen molar-refractivity contribution in [2.75, 3.05) is 0 Å². The van der Waals surface area contributed by atoms with Crippen LogP contribution >= 0.6 is 54.8 Å². The molecule has 2 rings (SSSR count). The SMILES string of the molecule is CC(N)C(Oc1cc(Br)ccc1Cl)c1cc(Br)cs1. The molecule has 0 radical (unpaired) electrons. The van der Waals surface area contributed by atoms with Crippen LogP contribution in [-0.2, 0) is 0 Å². The first kappa shape index (κ1) is 15.3. The Balaban J connectivity index is 2.29. The summed E-state index contributed by atoms with van der Waals surface area (Å²) in [4.78, 5) is 1.07. The van der Waals surface area contributed by atoms with E-state index >= 15 is 0 Å². The Hall–Kier alpha value is -0.0700. The van der Waals surface area contributed by atoms with Crippen LogP contribution in [0.1, 0.15) is 17.9 Å². The molecular weight excluding hydrogens is 413 g/mol. The van der Waals surface area contributed by atoms with E-state index in [1.54, 1.807) is 17.4 Å². The summed E-state index contributed by atoms with van der Waals surface area (Å²) in [5.74, 6) is 0.628. The van der Waals surface area contributed by atoms with E-state index in [-0.39, 0.29) is 12.1 Å². The fraction of sp³-hybridized carbons (Fsp3) is 0.231. The summed E-state index contributed by atoms with van der Waals surface area (Å²) in [5, 5.41) is 2.58. The Morgan fingerprint density at radius 3 is 2.58 bits per heavy atom. The van der Waals surface area contributed by atoms with Gasteiger partial charge in [-0.2, -0.15) is 0 Å². The second-order valence-corrected chi connectivity index (χ2v) is 7.32. The highest BCUT2D eigenvalue weighted by atomic mass is 79.9. The van der Waals surface area contributed by atoms with Gasteiger partial charge in [-0.3, -0.25) is 0 Å². The smallest absolute Gasteiger partial charge is 0.148 e. The summed E-state index contributed by atoms with van der Waals surface area (Å²) in [6, 6.07) is 7.40. The highest BCUT2D eigenvalue weighted by Gasteiger charge is 2.21. The molecule has 0 aliphatic carbocycles. The maximum atomic E-state index is 6.15. The molecule has 0 saturated carbocycles. The minimum atomic E-state index is -0.219. The fourth-order valence-electron chi connectivity index (χ4n) is 1.61. The lowest BCUT2D eigenvalue weighted by molar-refractivity contribution is 0.184. The zero-order valence-electron chi connectivity index (χ0n) is 10.1. The molecule has 6 heteroatoms. The lowest BCUT2D eigenvalue weighted by Gasteiger charge is -2.22. The molecule has 0 bridgehead atoms. The zero-order valence-corrected chi connectivity index (χ0v) is 14.8. The maximum absolute atomic E-state index is 6.15. The van der Waals surface area contributed by atoms with Gasteiger partial charge >= 0.3 is 0 Å². The Bertz CT molecular complexity index is 574. The van der Waals surface area contributed by atoms with Gasteiger partial charge in [-0.1, -0.05) is 27.5 Å². The maximum Gasteiger partial charge on any atom is 0.148 e. The summed E-state index contributed by atoms with van der Waals surface area (Å²) in [6.07, 6.45) is -0.219. The molecule has 102 valence electrons. The van der Waals surface area contributed by atoms with Gasteiger partial charge in [-0.15, -0.1) is 11.3 Å². The Morgan fingerprint density at radius 2 is 2.00 bits per heavy atom. The molecule has 0 aliphatic rings. The standard InChI is InChI=1S/C13H12Br2ClNOS/c1-7(17)13(12-5-9(15)6-19-12)18-11-4-8(14)2-3-10(11)16/h2-7,13H,17H2,1H3. The Morgan fingerprint density at radius 1 is 1.26 bits per heavy atom. The first-order valence-electron chi connectivity index (χ1n) is 5.58. The quantitative estimate of drug-likeness (QED) is 0.712. The molecule has 2 aromatic rings. The second kappa shape index (κ2) is 6.59. The number of rotatable bonds is 4. The number of halogens is 3. The van der Waals surface area contributed by atoms with Crippen LogP contribution in [0, 0.1) is 0 Å². The molecule has 1 heterocycles. The first-order chi connectivity index (χ1) is 8.97. The molecule has 1 aromatic carbocycles. The molecule has 19 heavy (non-hydrogen) atoms. The van der Waals surface area contributed by atoms with Gasteiger partial charge in [-0.25, -0.2) is 0 Å². The highest BCUT2D eigenvalue weighted by Crippen LogP contribution is 2.35. The van der Waals surface area contributed by atoms with Gasteiger partial charge in [0.1, 0.15) is 11.9 Å². The topological polar surface area (TPSA) is 35.2 Å². The van der Waals surface area contributed by atoms with Crippen molar-refractivity contribution < 1.29 is 4.74 Å². The van der Waals surface area contributed by atoms with Gasteiger partial charge < -0.3 is 10.5 Å². The summed E-state index contributed by atoms with van der Waals surface area (Å²) in [6.45, 7) is 1.92. The third-order valence-electron chi connectivity index (χ3n) is 2.49. The van der Waals surface area contributed by atoms with Gasteiger partial charge in [0.25, 0.3) is 0 Å². The molecule has 2 N–H and O–H groups in total. The average molecular weight is 426 g/mol. The molecule has 2 unspecified atom stereocenters. The van der Waals surface area contributed by atoms with Crippen molar-refractivity contribution in [3.8, 4) is 5.75 Å². The van der Waals surface area contributed by atoms with Crippen molar-refractivity contribution in [3.63, 3.8) is 0 Å². The van der Waals surface area contributed by atoms with E-state index in [1.807, 2.05) is 30.5 Å². The Labute approximate surface area is 138 Å². The number of hydrogen-bond donors (Lipinski definition) is 1. The van der Waals surface area contributed by atoms with Crippen molar-refractivity contribution in [2.24, 2.45) is 5.73 Å². The fourth-order valence-corrected chi connectivity index (χ4v) is 3.70. The van der Waals surface area contributed by atoms with Crippen LogP contribution in [0.3, 0.4) is 0 Å². The number of ether oxygens (including phenoxy) is 1. The van der Waals surface area contributed by atoms with Gasteiger partial charge in [-0.05, 0) is 47.1 Å². The van der Waals surface area contributed by atoms with E-state index in [0.717, 1.165) is 13.8 Å². The highest BCUT2D eigenvalue weighted by molar-refractivity contribution is 9.10. The third kappa shape index (κ3) is 3.95. The number of benzene rings is 1. The molecule has 0 amide bonds.